The van der Waals surface area contributed by atoms with Crippen molar-refractivity contribution in [3.8, 4) is 0 Å². The second-order valence-electron chi connectivity index (χ2n) is 2.18. The van der Waals surface area contributed by atoms with E-state index in [9.17, 15) is 0 Å². The van der Waals surface area contributed by atoms with Crippen LogP contribution in [0.1, 0.15) is 20.8 Å². The minimum absolute atomic E-state index is 0.947. The second kappa shape index (κ2) is 3.99. The molecule has 0 saturated heterocycles. The van der Waals surface area contributed by atoms with Crippen molar-refractivity contribution in [2.45, 2.75) is 20.8 Å². The van der Waals surface area contributed by atoms with E-state index in [1.54, 1.807) is 7.05 Å². The Hall–Kier alpha value is -0.920. The fourth-order valence-corrected chi connectivity index (χ4v) is 0.548. The van der Waals surface area contributed by atoms with Crippen molar-refractivity contribution in [1.82, 2.24) is 0 Å². The molecule has 0 aromatic rings. The van der Waals surface area contributed by atoms with E-state index in [-0.39, 0.29) is 0 Å². The van der Waals surface area contributed by atoms with E-state index in [2.05, 4.69) is 16.7 Å². The van der Waals surface area contributed by atoms with Crippen LogP contribution in [0.4, 0.5) is 0 Å². The van der Waals surface area contributed by atoms with Crippen LogP contribution in [0.2, 0.25) is 0 Å². The number of nitrogens with zero attached hydrogens (tertiary/aromatic N) is 2. The molecular weight excluding hydrogens is 124 g/mol. The molecule has 0 saturated carbocycles. The van der Waals surface area contributed by atoms with Crippen LogP contribution in [0, 0.1) is 0 Å². The molecule has 0 aliphatic rings. The molecule has 10 heavy (non-hydrogen) atoms. The normalized spacial score (nSPS) is 14.6. The van der Waals surface area contributed by atoms with Crippen molar-refractivity contribution in [1.29, 1.82) is 0 Å². The Bertz CT molecular complexity index is 187. The van der Waals surface area contributed by atoms with Gasteiger partial charge in [0.1, 0.15) is 0 Å². The zero-order chi connectivity index (χ0) is 8.15. The summed E-state index contributed by atoms with van der Waals surface area (Å²) in [6.07, 6.45) is 0. The molecule has 0 fully saturated rings. The van der Waals surface area contributed by atoms with Gasteiger partial charge < -0.3 is 0 Å². The highest BCUT2D eigenvalue weighted by molar-refractivity contribution is 5.98. The summed E-state index contributed by atoms with van der Waals surface area (Å²) in [5, 5.41) is 0. The summed E-state index contributed by atoms with van der Waals surface area (Å²) in [7, 11) is 1.77. The van der Waals surface area contributed by atoms with Crippen molar-refractivity contribution in [3.05, 3.63) is 11.3 Å². The third kappa shape index (κ3) is 2.13. The smallest absolute Gasteiger partial charge is 0.0412 e. The van der Waals surface area contributed by atoms with Crippen molar-refractivity contribution in [2.75, 3.05) is 7.05 Å². The van der Waals surface area contributed by atoms with Gasteiger partial charge in [-0.15, -0.1) is 0 Å². The van der Waals surface area contributed by atoms with Crippen molar-refractivity contribution < 1.29 is 0 Å². The molecule has 0 bridgehead atoms. The third-order valence-electron chi connectivity index (χ3n) is 1.66. The highest BCUT2D eigenvalue weighted by Gasteiger charge is 1.95. The van der Waals surface area contributed by atoms with E-state index < -0.39 is 0 Å². The van der Waals surface area contributed by atoms with Crippen LogP contribution in [-0.4, -0.2) is 19.5 Å². The average molecular weight is 138 g/mol. The van der Waals surface area contributed by atoms with Crippen LogP contribution in [0.15, 0.2) is 21.3 Å². The molecule has 0 aromatic carbocycles. The lowest BCUT2D eigenvalue weighted by atomic mass is 10.1. The largest absolute Gasteiger partial charge is 0.293 e. The Balaban J connectivity index is 4.63. The fraction of sp³-hybridized carbons (Fsp3) is 0.500. The molecule has 0 atom stereocenters. The molecule has 0 aliphatic carbocycles. The average Bonchev–Trinajstić information content (AvgIpc) is 2.00. The minimum atomic E-state index is 0.947. The molecule has 0 radical (unpaired) electrons. The maximum Gasteiger partial charge on any atom is 0.0412 e. The van der Waals surface area contributed by atoms with Gasteiger partial charge >= 0.3 is 0 Å². The Morgan fingerprint density at radius 3 is 2.00 bits per heavy atom. The van der Waals surface area contributed by atoms with Crippen molar-refractivity contribution >= 4 is 12.4 Å². The summed E-state index contributed by atoms with van der Waals surface area (Å²) in [5.74, 6) is 0. The quantitative estimate of drug-likeness (QED) is 0.522. The number of hydrogen-bond donors (Lipinski definition) is 0. The molecule has 0 unspecified atom stereocenters. The van der Waals surface area contributed by atoms with Gasteiger partial charge in [0.25, 0.3) is 0 Å². The maximum atomic E-state index is 4.03. The zero-order valence-electron chi connectivity index (χ0n) is 7.10. The van der Waals surface area contributed by atoms with Crippen molar-refractivity contribution in [2.24, 2.45) is 9.98 Å². The Kier molecular flexibility index (Phi) is 3.62. The van der Waals surface area contributed by atoms with Gasteiger partial charge in [0.05, 0.1) is 0 Å². The number of rotatable bonds is 2. The topological polar surface area (TPSA) is 24.7 Å². The van der Waals surface area contributed by atoms with Crippen LogP contribution in [0.3, 0.4) is 0 Å². The molecule has 2 heteroatoms. The number of hydrogen-bond acceptors (Lipinski definition) is 2. The van der Waals surface area contributed by atoms with Gasteiger partial charge in [0, 0.05) is 18.5 Å². The predicted molar refractivity (Wildman–Crippen MR) is 47.0 cm³/mol. The molecule has 0 N–H and O–H groups in total. The van der Waals surface area contributed by atoms with E-state index >= 15 is 0 Å². The molecule has 0 rings (SSSR count). The Morgan fingerprint density at radius 2 is 1.70 bits per heavy atom. The van der Waals surface area contributed by atoms with Crippen LogP contribution in [0.25, 0.3) is 0 Å². The van der Waals surface area contributed by atoms with E-state index in [1.807, 2.05) is 20.8 Å². The molecule has 0 spiro atoms. The van der Waals surface area contributed by atoms with Gasteiger partial charge in [-0.2, -0.15) is 0 Å². The Labute approximate surface area is 62.4 Å². The van der Waals surface area contributed by atoms with Gasteiger partial charge in [-0.05, 0) is 33.1 Å². The molecule has 56 valence electrons. The number of allylic oxidation sites excluding steroid dienone is 2. The SMILES string of the molecule is C=N/C(C)=C(/C)C(C)=NC. The molecule has 0 aliphatic heterocycles. The van der Waals surface area contributed by atoms with Gasteiger partial charge in [0.2, 0.25) is 0 Å². The minimum Gasteiger partial charge on any atom is -0.293 e. The van der Waals surface area contributed by atoms with E-state index in [1.165, 1.54) is 0 Å². The summed E-state index contributed by atoms with van der Waals surface area (Å²) >= 11 is 0. The van der Waals surface area contributed by atoms with E-state index in [4.69, 9.17) is 0 Å². The first-order chi connectivity index (χ1) is 4.63. The summed E-state index contributed by atoms with van der Waals surface area (Å²) in [4.78, 5) is 7.83. The first kappa shape index (κ1) is 9.08. The van der Waals surface area contributed by atoms with Crippen LogP contribution < -0.4 is 0 Å². The molecular formula is C8H14N2. The fourth-order valence-electron chi connectivity index (χ4n) is 0.548. The van der Waals surface area contributed by atoms with E-state index in [0.29, 0.717) is 0 Å². The molecule has 0 heterocycles. The van der Waals surface area contributed by atoms with Crippen LogP contribution in [-0.2, 0) is 0 Å². The van der Waals surface area contributed by atoms with Gasteiger partial charge in [-0.3, -0.25) is 9.98 Å². The van der Waals surface area contributed by atoms with Gasteiger partial charge in [-0.1, -0.05) is 0 Å². The first-order valence-electron chi connectivity index (χ1n) is 3.21. The van der Waals surface area contributed by atoms with E-state index in [0.717, 1.165) is 17.0 Å². The third-order valence-corrected chi connectivity index (χ3v) is 1.66. The Morgan fingerprint density at radius 1 is 1.20 bits per heavy atom. The monoisotopic (exact) mass is 138 g/mol. The van der Waals surface area contributed by atoms with Gasteiger partial charge in [0.15, 0.2) is 0 Å². The summed E-state index contributed by atoms with van der Waals surface area (Å²) in [6.45, 7) is 9.32. The maximum absolute atomic E-state index is 4.03. The summed E-state index contributed by atoms with van der Waals surface area (Å²) < 4.78 is 0. The first-order valence-corrected chi connectivity index (χ1v) is 3.21. The van der Waals surface area contributed by atoms with Gasteiger partial charge in [-0.25, -0.2) is 0 Å². The zero-order valence-corrected chi connectivity index (χ0v) is 7.10. The molecule has 0 aromatic heterocycles. The standard InChI is InChI=1S/C8H14N2/c1-6(7(2)9-4)8(3)10-5/h4H2,1-3,5H3/b7-6-,10-8?. The number of aliphatic imine (C=N–C) groups is 2. The predicted octanol–water partition coefficient (Wildman–Crippen LogP) is 2.07. The lowest BCUT2D eigenvalue weighted by Crippen LogP contribution is -1.94. The lowest BCUT2D eigenvalue weighted by Gasteiger charge is -2.00. The van der Waals surface area contributed by atoms with Crippen molar-refractivity contribution in [3.63, 3.8) is 0 Å². The van der Waals surface area contributed by atoms with Crippen LogP contribution >= 0.6 is 0 Å². The lowest BCUT2D eigenvalue weighted by molar-refractivity contribution is 1.25. The molecule has 2 nitrogen and oxygen atoms in total. The second-order valence-corrected chi connectivity index (χ2v) is 2.18. The highest BCUT2D eigenvalue weighted by Crippen LogP contribution is 2.05. The van der Waals surface area contributed by atoms with Crippen LogP contribution in [0.5, 0.6) is 0 Å². The summed E-state index contributed by atoms with van der Waals surface area (Å²) in [5.41, 5.74) is 3.07. The molecule has 0 amide bonds. The highest BCUT2D eigenvalue weighted by atomic mass is 14.7. The summed E-state index contributed by atoms with van der Waals surface area (Å²) in [6, 6.07) is 0.